The van der Waals surface area contributed by atoms with Gasteiger partial charge in [0.05, 0.1) is 4.92 Å². The maximum Gasteiger partial charge on any atom is 0.276 e. The van der Waals surface area contributed by atoms with E-state index >= 15 is 0 Å². The van der Waals surface area contributed by atoms with E-state index in [0.29, 0.717) is 6.42 Å². The SMILES string of the molecule is CCc1cccc([C](C)C)c1[N+](=O)[O-]. The summed E-state index contributed by atoms with van der Waals surface area (Å²) in [6, 6.07) is 5.48. The van der Waals surface area contributed by atoms with Crippen LogP contribution in [0.25, 0.3) is 0 Å². The predicted molar refractivity (Wildman–Crippen MR) is 56.2 cm³/mol. The molecule has 0 atom stereocenters. The topological polar surface area (TPSA) is 43.1 Å². The van der Waals surface area contributed by atoms with Crippen molar-refractivity contribution in [3.05, 3.63) is 45.4 Å². The molecule has 3 nitrogen and oxygen atoms in total. The summed E-state index contributed by atoms with van der Waals surface area (Å²) in [6.07, 6.45) is 0.692. The fourth-order valence-electron chi connectivity index (χ4n) is 1.50. The van der Waals surface area contributed by atoms with Gasteiger partial charge < -0.3 is 0 Å². The van der Waals surface area contributed by atoms with Crippen molar-refractivity contribution in [2.24, 2.45) is 0 Å². The third-order valence-electron chi connectivity index (χ3n) is 2.22. The number of nitro benzene ring substituents is 1. The molecule has 3 heteroatoms. The number of benzene rings is 1. The van der Waals surface area contributed by atoms with Crippen molar-refractivity contribution in [1.82, 2.24) is 0 Å². The van der Waals surface area contributed by atoms with E-state index in [4.69, 9.17) is 0 Å². The van der Waals surface area contributed by atoms with E-state index in [1.807, 2.05) is 32.9 Å². The minimum atomic E-state index is -0.291. The van der Waals surface area contributed by atoms with Crippen LogP contribution in [0.2, 0.25) is 0 Å². The summed E-state index contributed by atoms with van der Waals surface area (Å²) in [5.41, 5.74) is 1.80. The van der Waals surface area contributed by atoms with Crippen LogP contribution >= 0.6 is 0 Å². The number of nitro groups is 1. The smallest absolute Gasteiger partial charge is 0.258 e. The first-order valence-electron chi connectivity index (χ1n) is 4.64. The fourth-order valence-corrected chi connectivity index (χ4v) is 1.50. The molecule has 0 saturated heterocycles. The maximum absolute atomic E-state index is 10.9. The second-order valence-electron chi connectivity index (χ2n) is 3.42. The zero-order chi connectivity index (χ0) is 10.7. The van der Waals surface area contributed by atoms with Gasteiger partial charge in [-0.05, 0) is 6.42 Å². The molecule has 1 aromatic rings. The third kappa shape index (κ3) is 1.92. The van der Waals surface area contributed by atoms with Crippen LogP contribution < -0.4 is 0 Å². The van der Waals surface area contributed by atoms with E-state index in [2.05, 4.69) is 0 Å². The summed E-state index contributed by atoms with van der Waals surface area (Å²) in [5.74, 6) is 0.979. The van der Waals surface area contributed by atoms with Crippen LogP contribution in [0.1, 0.15) is 31.9 Å². The summed E-state index contributed by atoms with van der Waals surface area (Å²) >= 11 is 0. The van der Waals surface area contributed by atoms with Crippen molar-refractivity contribution in [3.8, 4) is 0 Å². The van der Waals surface area contributed by atoms with Crippen LogP contribution in [0.3, 0.4) is 0 Å². The van der Waals surface area contributed by atoms with Crippen molar-refractivity contribution in [1.29, 1.82) is 0 Å². The molecule has 1 aromatic carbocycles. The molecule has 14 heavy (non-hydrogen) atoms. The van der Waals surface area contributed by atoms with Crippen LogP contribution in [0.4, 0.5) is 5.69 Å². The monoisotopic (exact) mass is 192 g/mol. The molecule has 0 heterocycles. The second kappa shape index (κ2) is 4.22. The van der Waals surface area contributed by atoms with Crippen LogP contribution in [0, 0.1) is 16.0 Å². The molecule has 0 amide bonds. The zero-order valence-corrected chi connectivity index (χ0v) is 8.70. The van der Waals surface area contributed by atoms with Gasteiger partial charge in [0.25, 0.3) is 5.69 Å². The van der Waals surface area contributed by atoms with Gasteiger partial charge in [0, 0.05) is 17.0 Å². The van der Waals surface area contributed by atoms with Gasteiger partial charge in [-0.1, -0.05) is 39.0 Å². The van der Waals surface area contributed by atoms with E-state index in [-0.39, 0.29) is 10.6 Å². The van der Waals surface area contributed by atoms with E-state index in [0.717, 1.165) is 17.0 Å². The standard InChI is InChI=1S/C11H14NO2/c1-4-9-6-5-7-10(8(2)3)11(9)12(13)14/h5-7H,4H2,1-3H3. The number of hydrogen-bond donors (Lipinski definition) is 0. The molecular formula is C11H14NO2. The lowest BCUT2D eigenvalue weighted by molar-refractivity contribution is -0.386. The van der Waals surface area contributed by atoms with Crippen LogP contribution in [-0.4, -0.2) is 4.92 Å². The number of para-hydroxylation sites is 1. The van der Waals surface area contributed by atoms with Gasteiger partial charge in [-0.15, -0.1) is 0 Å². The van der Waals surface area contributed by atoms with E-state index < -0.39 is 0 Å². The van der Waals surface area contributed by atoms with Gasteiger partial charge in [0.1, 0.15) is 0 Å². The van der Waals surface area contributed by atoms with Gasteiger partial charge in [0.2, 0.25) is 0 Å². The Morgan fingerprint density at radius 2 is 2.07 bits per heavy atom. The summed E-state index contributed by atoms with van der Waals surface area (Å²) in [6.45, 7) is 5.71. The van der Waals surface area contributed by atoms with Crippen molar-refractivity contribution in [3.63, 3.8) is 0 Å². The average molecular weight is 192 g/mol. The van der Waals surface area contributed by atoms with Crippen LogP contribution in [-0.2, 0) is 6.42 Å². The highest BCUT2D eigenvalue weighted by atomic mass is 16.6. The van der Waals surface area contributed by atoms with Crippen LogP contribution in [0.15, 0.2) is 18.2 Å². The molecule has 0 aliphatic heterocycles. The molecule has 75 valence electrons. The highest BCUT2D eigenvalue weighted by Crippen LogP contribution is 2.29. The first-order chi connectivity index (χ1) is 6.57. The molecule has 0 spiro atoms. The highest BCUT2D eigenvalue weighted by Gasteiger charge is 2.19. The van der Waals surface area contributed by atoms with E-state index in [1.54, 1.807) is 6.07 Å². The highest BCUT2D eigenvalue weighted by molar-refractivity contribution is 5.53. The van der Waals surface area contributed by atoms with Crippen molar-refractivity contribution < 1.29 is 4.92 Å². The van der Waals surface area contributed by atoms with Gasteiger partial charge in [0.15, 0.2) is 0 Å². The number of aryl methyl sites for hydroxylation is 1. The van der Waals surface area contributed by atoms with E-state index in [1.165, 1.54) is 0 Å². The molecule has 1 rings (SSSR count). The number of rotatable bonds is 3. The average Bonchev–Trinajstić information content (AvgIpc) is 2.16. The predicted octanol–water partition coefficient (Wildman–Crippen LogP) is 3.12. The van der Waals surface area contributed by atoms with Crippen molar-refractivity contribution in [2.75, 3.05) is 0 Å². The molecule has 0 N–H and O–H groups in total. The second-order valence-corrected chi connectivity index (χ2v) is 3.42. The fraction of sp³-hybridized carbons (Fsp3) is 0.364. The lowest BCUT2D eigenvalue weighted by atomic mass is 9.97. The quantitative estimate of drug-likeness (QED) is 0.545. The Morgan fingerprint density at radius 1 is 1.43 bits per heavy atom. The first-order valence-corrected chi connectivity index (χ1v) is 4.64. The van der Waals surface area contributed by atoms with Gasteiger partial charge >= 0.3 is 0 Å². The zero-order valence-electron chi connectivity index (χ0n) is 8.70. The minimum absolute atomic E-state index is 0.259. The Kier molecular flexibility index (Phi) is 3.23. The molecule has 0 aliphatic carbocycles. The van der Waals surface area contributed by atoms with Crippen molar-refractivity contribution in [2.45, 2.75) is 27.2 Å². The molecule has 0 unspecified atom stereocenters. The molecule has 0 aliphatic rings. The summed E-state index contributed by atoms with van der Waals surface area (Å²) in [7, 11) is 0. The molecule has 0 saturated carbocycles. The third-order valence-corrected chi connectivity index (χ3v) is 2.22. The van der Waals surface area contributed by atoms with E-state index in [9.17, 15) is 10.1 Å². The number of nitrogens with zero attached hydrogens (tertiary/aromatic N) is 1. The summed E-state index contributed by atoms with van der Waals surface area (Å²) in [5, 5.41) is 10.9. The Bertz CT molecular complexity index is 345. The number of hydrogen-bond acceptors (Lipinski definition) is 2. The minimum Gasteiger partial charge on any atom is -0.258 e. The maximum atomic E-state index is 10.9. The molecule has 0 bridgehead atoms. The summed E-state index contributed by atoms with van der Waals surface area (Å²) in [4.78, 5) is 10.6. The first kappa shape index (κ1) is 10.7. The van der Waals surface area contributed by atoms with Gasteiger partial charge in [-0.25, -0.2) is 0 Å². The lowest BCUT2D eigenvalue weighted by Gasteiger charge is -2.08. The molecular weight excluding hydrogens is 178 g/mol. The molecule has 1 radical (unpaired) electrons. The molecule has 0 aromatic heterocycles. The normalized spacial score (nSPS) is 10.6. The van der Waals surface area contributed by atoms with Gasteiger partial charge in [-0.3, -0.25) is 10.1 Å². The van der Waals surface area contributed by atoms with Gasteiger partial charge in [-0.2, -0.15) is 0 Å². The summed E-state index contributed by atoms with van der Waals surface area (Å²) < 4.78 is 0. The van der Waals surface area contributed by atoms with Crippen LogP contribution in [0.5, 0.6) is 0 Å². The Labute approximate surface area is 83.9 Å². The molecule has 0 fully saturated rings. The Morgan fingerprint density at radius 3 is 2.50 bits per heavy atom. The Hall–Kier alpha value is -1.38. The lowest BCUT2D eigenvalue weighted by Crippen LogP contribution is -2.01. The Balaban J connectivity index is 3.35. The van der Waals surface area contributed by atoms with Crippen molar-refractivity contribution >= 4 is 5.69 Å². The largest absolute Gasteiger partial charge is 0.276 e.